The summed E-state index contributed by atoms with van der Waals surface area (Å²) in [4.78, 5) is 22.7. The van der Waals surface area contributed by atoms with Crippen LogP contribution in [-0.2, 0) is 17.1 Å². The Balaban J connectivity index is 1.94. The van der Waals surface area contributed by atoms with Gasteiger partial charge in [0.2, 0.25) is 0 Å². The fourth-order valence-electron chi connectivity index (χ4n) is 2.25. The molecule has 0 saturated carbocycles. The molecule has 3 aromatic rings. The van der Waals surface area contributed by atoms with Gasteiger partial charge in [-0.1, -0.05) is 6.07 Å². The maximum absolute atomic E-state index is 12.5. The van der Waals surface area contributed by atoms with Gasteiger partial charge in [0.25, 0.3) is 21.6 Å². The van der Waals surface area contributed by atoms with Crippen molar-refractivity contribution < 1.29 is 18.1 Å². The highest BCUT2D eigenvalue weighted by Crippen LogP contribution is 2.25. The maximum Gasteiger partial charge on any atom is 0.273 e. The molecular formula is C15H12N4O5S2. The Kier molecular flexibility index (Phi) is 4.57. The molecule has 0 atom stereocenters. The fourth-order valence-corrected chi connectivity index (χ4v) is 4.21. The van der Waals surface area contributed by atoms with E-state index in [-0.39, 0.29) is 21.2 Å². The van der Waals surface area contributed by atoms with E-state index in [0.29, 0.717) is 5.56 Å². The van der Waals surface area contributed by atoms with Crippen LogP contribution in [0.5, 0.6) is 0 Å². The van der Waals surface area contributed by atoms with Crippen molar-refractivity contribution in [3.05, 3.63) is 63.7 Å². The van der Waals surface area contributed by atoms with Crippen molar-refractivity contribution in [2.45, 2.75) is 4.21 Å². The van der Waals surface area contributed by atoms with E-state index in [0.717, 1.165) is 11.3 Å². The highest BCUT2D eigenvalue weighted by atomic mass is 32.2. The number of non-ortho nitro benzene ring substituents is 1. The molecule has 11 heteroatoms. The lowest BCUT2D eigenvalue weighted by atomic mass is 10.1. The van der Waals surface area contributed by atoms with Crippen LogP contribution in [-0.4, -0.2) is 29.0 Å². The van der Waals surface area contributed by atoms with Crippen molar-refractivity contribution in [1.82, 2.24) is 14.5 Å². The zero-order valence-corrected chi connectivity index (χ0v) is 15.0. The van der Waals surface area contributed by atoms with Crippen LogP contribution in [0.4, 0.5) is 5.69 Å². The SMILES string of the molecule is Cn1cc(C(=O)NS(=O)(=O)c2cccs2)c(-c2ccc([N+](=O)[O-])cc2)n1. The molecule has 0 aliphatic carbocycles. The predicted molar refractivity (Wildman–Crippen MR) is 94.3 cm³/mol. The van der Waals surface area contributed by atoms with Crippen LogP contribution in [0.1, 0.15) is 10.4 Å². The highest BCUT2D eigenvalue weighted by molar-refractivity contribution is 7.92. The summed E-state index contributed by atoms with van der Waals surface area (Å²) >= 11 is 0.990. The lowest BCUT2D eigenvalue weighted by Crippen LogP contribution is -2.30. The van der Waals surface area contributed by atoms with Crippen LogP contribution >= 0.6 is 11.3 Å². The number of carbonyl (C=O) groups excluding carboxylic acids is 1. The summed E-state index contributed by atoms with van der Waals surface area (Å²) in [5.74, 6) is -0.833. The van der Waals surface area contributed by atoms with Crippen LogP contribution < -0.4 is 4.72 Å². The summed E-state index contributed by atoms with van der Waals surface area (Å²) < 4.78 is 27.8. The summed E-state index contributed by atoms with van der Waals surface area (Å²) in [7, 11) is -2.40. The number of sulfonamides is 1. The van der Waals surface area contributed by atoms with Gasteiger partial charge in [-0.3, -0.25) is 19.6 Å². The number of aromatic nitrogens is 2. The minimum atomic E-state index is -3.98. The van der Waals surface area contributed by atoms with Crippen molar-refractivity contribution in [3.8, 4) is 11.3 Å². The number of nitro benzene ring substituents is 1. The van der Waals surface area contributed by atoms with Crippen LogP contribution in [0.15, 0.2) is 52.2 Å². The number of nitrogens with zero attached hydrogens (tertiary/aromatic N) is 3. The molecule has 0 fully saturated rings. The average molecular weight is 392 g/mol. The number of hydrogen-bond donors (Lipinski definition) is 1. The highest BCUT2D eigenvalue weighted by Gasteiger charge is 2.24. The third-order valence-electron chi connectivity index (χ3n) is 3.41. The monoisotopic (exact) mass is 392 g/mol. The molecule has 2 aromatic heterocycles. The summed E-state index contributed by atoms with van der Waals surface area (Å²) in [6.07, 6.45) is 1.38. The Morgan fingerprint density at radius 2 is 1.96 bits per heavy atom. The smallest absolute Gasteiger partial charge is 0.273 e. The molecular weight excluding hydrogens is 380 g/mol. The van der Waals surface area contributed by atoms with E-state index in [2.05, 4.69) is 5.10 Å². The Labute approximate surface area is 152 Å². The van der Waals surface area contributed by atoms with Gasteiger partial charge in [-0.2, -0.15) is 5.10 Å². The Hall–Kier alpha value is -3.05. The molecule has 0 aliphatic heterocycles. The predicted octanol–water partition coefficient (Wildman–Crippen LogP) is 2.18. The van der Waals surface area contributed by atoms with E-state index in [1.807, 2.05) is 4.72 Å². The Morgan fingerprint density at radius 1 is 1.27 bits per heavy atom. The Morgan fingerprint density at radius 3 is 2.54 bits per heavy atom. The van der Waals surface area contributed by atoms with E-state index >= 15 is 0 Å². The number of nitrogens with one attached hydrogen (secondary N) is 1. The van der Waals surface area contributed by atoms with Gasteiger partial charge in [-0.25, -0.2) is 13.1 Å². The minimum Gasteiger partial charge on any atom is -0.274 e. The minimum absolute atomic E-state index is 0.0200. The zero-order chi connectivity index (χ0) is 18.9. The van der Waals surface area contributed by atoms with E-state index < -0.39 is 20.9 Å². The molecule has 0 unspecified atom stereocenters. The number of benzene rings is 1. The molecule has 1 amide bonds. The quantitative estimate of drug-likeness (QED) is 0.524. The van der Waals surface area contributed by atoms with E-state index in [1.165, 1.54) is 41.2 Å². The number of rotatable bonds is 5. The lowest BCUT2D eigenvalue weighted by molar-refractivity contribution is -0.384. The van der Waals surface area contributed by atoms with Gasteiger partial charge in [0.15, 0.2) is 0 Å². The molecule has 1 aromatic carbocycles. The first-order chi connectivity index (χ1) is 12.3. The lowest BCUT2D eigenvalue weighted by Gasteiger charge is -2.05. The molecule has 3 rings (SSSR count). The topological polar surface area (TPSA) is 124 Å². The van der Waals surface area contributed by atoms with E-state index in [4.69, 9.17) is 0 Å². The van der Waals surface area contributed by atoms with Crippen molar-refractivity contribution in [2.75, 3.05) is 0 Å². The molecule has 26 heavy (non-hydrogen) atoms. The van der Waals surface area contributed by atoms with Crippen molar-refractivity contribution in [3.63, 3.8) is 0 Å². The second-order valence-electron chi connectivity index (χ2n) is 5.24. The molecule has 0 aliphatic rings. The third kappa shape index (κ3) is 3.48. The summed E-state index contributed by atoms with van der Waals surface area (Å²) in [5, 5.41) is 16.5. The number of aryl methyl sites for hydroxylation is 1. The third-order valence-corrected chi connectivity index (χ3v) is 6.14. The largest absolute Gasteiger partial charge is 0.274 e. The second kappa shape index (κ2) is 6.69. The van der Waals surface area contributed by atoms with Crippen LogP contribution in [0.2, 0.25) is 0 Å². The molecule has 1 N–H and O–H groups in total. The van der Waals surface area contributed by atoms with Gasteiger partial charge in [-0.05, 0) is 23.6 Å². The maximum atomic E-state index is 12.5. The van der Waals surface area contributed by atoms with Gasteiger partial charge in [0, 0.05) is 30.9 Å². The molecule has 0 radical (unpaired) electrons. The average Bonchev–Trinajstić information content (AvgIpc) is 3.24. The van der Waals surface area contributed by atoms with Gasteiger partial charge >= 0.3 is 0 Å². The molecule has 134 valence electrons. The van der Waals surface area contributed by atoms with Crippen LogP contribution in [0, 0.1) is 10.1 Å². The number of amides is 1. The summed E-state index contributed by atoms with van der Waals surface area (Å²) in [5.41, 5.74) is 0.619. The van der Waals surface area contributed by atoms with E-state index in [9.17, 15) is 23.3 Å². The van der Waals surface area contributed by atoms with Gasteiger partial charge in [0.05, 0.1) is 10.5 Å². The van der Waals surface area contributed by atoms with Crippen molar-refractivity contribution >= 4 is 33.0 Å². The zero-order valence-electron chi connectivity index (χ0n) is 13.3. The molecule has 0 saturated heterocycles. The van der Waals surface area contributed by atoms with Gasteiger partial charge in [-0.15, -0.1) is 11.3 Å². The number of nitro groups is 1. The van der Waals surface area contributed by atoms with Gasteiger partial charge in [0.1, 0.15) is 9.90 Å². The summed E-state index contributed by atoms with van der Waals surface area (Å²) in [6, 6.07) is 8.43. The molecule has 0 spiro atoms. The molecule has 2 heterocycles. The summed E-state index contributed by atoms with van der Waals surface area (Å²) in [6.45, 7) is 0. The van der Waals surface area contributed by atoms with Gasteiger partial charge < -0.3 is 0 Å². The molecule has 9 nitrogen and oxygen atoms in total. The first kappa shape index (κ1) is 17.8. The number of thiophene rings is 1. The second-order valence-corrected chi connectivity index (χ2v) is 8.09. The normalized spacial score (nSPS) is 11.3. The standard InChI is InChI=1S/C15H12N4O5S2/c1-18-9-12(15(20)17-26(23,24)13-3-2-8-25-13)14(16-18)10-4-6-11(7-5-10)19(21)22/h2-9H,1H3,(H,17,20). The first-order valence-electron chi connectivity index (χ1n) is 7.17. The van der Waals surface area contributed by atoms with Crippen molar-refractivity contribution in [1.29, 1.82) is 0 Å². The van der Waals surface area contributed by atoms with Crippen molar-refractivity contribution in [2.24, 2.45) is 7.05 Å². The molecule has 0 bridgehead atoms. The van der Waals surface area contributed by atoms with Crippen LogP contribution in [0.3, 0.4) is 0 Å². The fraction of sp³-hybridized carbons (Fsp3) is 0.0667. The van der Waals surface area contributed by atoms with Crippen LogP contribution in [0.25, 0.3) is 11.3 Å². The number of carbonyl (C=O) groups is 1. The number of hydrogen-bond acceptors (Lipinski definition) is 7. The van der Waals surface area contributed by atoms with E-state index in [1.54, 1.807) is 18.5 Å². The Bertz CT molecular complexity index is 1070. The first-order valence-corrected chi connectivity index (χ1v) is 9.53.